The molecule has 1 aromatic rings. The number of amides is 2. The molecule has 1 aliphatic heterocycles. The lowest BCUT2D eigenvalue weighted by Crippen LogP contribution is -2.43. The quantitative estimate of drug-likeness (QED) is 0.717. The molecule has 7 nitrogen and oxygen atoms in total. The number of hydrogen-bond donors (Lipinski definition) is 2. The number of rotatable bonds is 7. The van der Waals surface area contributed by atoms with E-state index in [1.807, 2.05) is 25.3 Å². The number of carbonyl (C=O) groups is 2. The molecule has 2 amide bonds. The standard InChI is InChI=1S/C18H29N5O2/c1-5-13(3)10-23-11-15(9-16(23)18(25)19-6-2)21-17(24)12-22-8-7-20-14(22)4/h5,7-8,15-16H,6,9-12H2,1-4H3,(H,19,25)(H,21,24)/b13-5+/t15-,16-/m0/s1. The van der Waals surface area contributed by atoms with Crippen LogP contribution in [0.3, 0.4) is 0 Å². The van der Waals surface area contributed by atoms with Crippen LogP contribution in [0.25, 0.3) is 0 Å². The maximum atomic E-state index is 12.4. The van der Waals surface area contributed by atoms with E-state index >= 15 is 0 Å². The van der Waals surface area contributed by atoms with Crippen molar-refractivity contribution in [1.29, 1.82) is 0 Å². The lowest BCUT2D eigenvalue weighted by atomic mass is 10.1. The molecule has 0 saturated carbocycles. The van der Waals surface area contributed by atoms with E-state index in [9.17, 15) is 9.59 Å². The Bertz CT molecular complexity index is 637. The number of nitrogens with one attached hydrogen (secondary N) is 2. The van der Waals surface area contributed by atoms with Crippen LogP contribution in [-0.2, 0) is 16.1 Å². The molecule has 1 aromatic heterocycles. The van der Waals surface area contributed by atoms with Crippen molar-refractivity contribution in [3.63, 3.8) is 0 Å². The van der Waals surface area contributed by atoms with Gasteiger partial charge >= 0.3 is 0 Å². The van der Waals surface area contributed by atoms with Crippen LogP contribution in [0.4, 0.5) is 0 Å². The molecule has 1 fully saturated rings. The summed E-state index contributed by atoms with van der Waals surface area (Å²) in [5.41, 5.74) is 1.22. The molecule has 1 aliphatic rings. The molecule has 0 aliphatic carbocycles. The van der Waals surface area contributed by atoms with Gasteiger partial charge < -0.3 is 15.2 Å². The highest BCUT2D eigenvalue weighted by Gasteiger charge is 2.37. The van der Waals surface area contributed by atoms with Gasteiger partial charge in [-0.15, -0.1) is 0 Å². The Morgan fingerprint density at radius 2 is 2.16 bits per heavy atom. The van der Waals surface area contributed by atoms with Crippen molar-refractivity contribution in [3.8, 4) is 0 Å². The molecule has 2 atom stereocenters. The molecule has 25 heavy (non-hydrogen) atoms. The predicted molar refractivity (Wildman–Crippen MR) is 97.0 cm³/mol. The van der Waals surface area contributed by atoms with Gasteiger partial charge in [0.25, 0.3) is 0 Å². The van der Waals surface area contributed by atoms with Gasteiger partial charge in [0.1, 0.15) is 12.4 Å². The van der Waals surface area contributed by atoms with Crippen molar-refractivity contribution in [2.24, 2.45) is 0 Å². The Balaban J connectivity index is 1.98. The minimum Gasteiger partial charge on any atom is -0.355 e. The van der Waals surface area contributed by atoms with Gasteiger partial charge in [0.2, 0.25) is 11.8 Å². The van der Waals surface area contributed by atoms with Gasteiger partial charge in [0, 0.05) is 38.1 Å². The summed E-state index contributed by atoms with van der Waals surface area (Å²) in [5, 5.41) is 5.97. The highest BCUT2D eigenvalue weighted by molar-refractivity contribution is 5.82. The highest BCUT2D eigenvalue weighted by atomic mass is 16.2. The molecule has 2 rings (SSSR count). The summed E-state index contributed by atoms with van der Waals surface area (Å²) in [7, 11) is 0. The molecular formula is C18H29N5O2. The summed E-state index contributed by atoms with van der Waals surface area (Å²) in [5.74, 6) is 0.797. The number of likely N-dealkylation sites (tertiary alicyclic amines) is 1. The number of aromatic nitrogens is 2. The zero-order valence-corrected chi connectivity index (χ0v) is 15.6. The topological polar surface area (TPSA) is 79.3 Å². The average Bonchev–Trinajstić information content (AvgIpc) is 3.14. The number of carbonyl (C=O) groups excluding carboxylic acids is 2. The molecule has 1 saturated heterocycles. The lowest BCUT2D eigenvalue weighted by molar-refractivity contribution is -0.125. The monoisotopic (exact) mass is 347 g/mol. The van der Waals surface area contributed by atoms with Crippen LogP contribution in [0.1, 0.15) is 33.0 Å². The average molecular weight is 347 g/mol. The van der Waals surface area contributed by atoms with E-state index in [1.54, 1.807) is 12.4 Å². The lowest BCUT2D eigenvalue weighted by Gasteiger charge is -2.23. The molecule has 138 valence electrons. The fraction of sp³-hybridized carbons (Fsp3) is 0.611. The highest BCUT2D eigenvalue weighted by Crippen LogP contribution is 2.19. The Hall–Kier alpha value is -2.15. The van der Waals surface area contributed by atoms with Crippen molar-refractivity contribution in [1.82, 2.24) is 25.1 Å². The summed E-state index contributed by atoms with van der Waals surface area (Å²) in [4.78, 5) is 30.9. The van der Waals surface area contributed by atoms with E-state index in [0.29, 0.717) is 19.5 Å². The van der Waals surface area contributed by atoms with Gasteiger partial charge in [-0.05, 0) is 34.1 Å². The van der Waals surface area contributed by atoms with Crippen molar-refractivity contribution in [2.75, 3.05) is 19.6 Å². The summed E-state index contributed by atoms with van der Waals surface area (Å²) in [6.07, 6.45) is 6.17. The molecule has 0 radical (unpaired) electrons. The second-order valence-electron chi connectivity index (χ2n) is 6.58. The Morgan fingerprint density at radius 1 is 1.40 bits per heavy atom. The Morgan fingerprint density at radius 3 is 2.76 bits per heavy atom. The molecule has 2 heterocycles. The first-order valence-electron chi connectivity index (χ1n) is 8.85. The summed E-state index contributed by atoms with van der Waals surface area (Å²) in [6, 6.07) is -0.219. The zero-order chi connectivity index (χ0) is 18.4. The van der Waals surface area contributed by atoms with Crippen LogP contribution in [0, 0.1) is 6.92 Å². The van der Waals surface area contributed by atoms with E-state index < -0.39 is 0 Å². The van der Waals surface area contributed by atoms with Crippen molar-refractivity contribution in [3.05, 3.63) is 29.9 Å². The number of hydrogen-bond acceptors (Lipinski definition) is 4. The fourth-order valence-electron chi connectivity index (χ4n) is 3.16. The number of nitrogens with zero attached hydrogens (tertiary/aromatic N) is 3. The minimum absolute atomic E-state index is 0.0198. The zero-order valence-electron chi connectivity index (χ0n) is 15.6. The Kier molecular flexibility index (Phi) is 6.75. The second-order valence-corrected chi connectivity index (χ2v) is 6.58. The van der Waals surface area contributed by atoms with E-state index in [1.165, 1.54) is 5.57 Å². The van der Waals surface area contributed by atoms with E-state index in [2.05, 4.69) is 33.5 Å². The van der Waals surface area contributed by atoms with Crippen LogP contribution < -0.4 is 10.6 Å². The van der Waals surface area contributed by atoms with Gasteiger partial charge in [-0.2, -0.15) is 0 Å². The van der Waals surface area contributed by atoms with Gasteiger partial charge in [-0.1, -0.05) is 11.6 Å². The maximum Gasteiger partial charge on any atom is 0.240 e. The van der Waals surface area contributed by atoms with Crippen molar-refractivity contribution < 1.29 is 9.59 Å². The first-order chi connectivity index (χ1) is 11.9. The first-order valence-corrected chi connectivity index (χ1v) is 8.85. The third-order valence-electron chi connectivity index (χ3n) is 4.61. The second kappa shape index (κ2) is 8.80. The van der Waals surface area contributed by atoms with Gasteiger partial charge in [-0.3, -0.25) is 14.5 Å². The fourth-order valence-corrected chi connectivity index (χ4v) is 3.16. The normalized spacial score (nSPS) is 21.4. The van der Waals surface area contributed by atoms with Gasteiger partial charge in [-0.25, -0.2) is 4.98 Å². The smallest absolute Gasteiger partial charge is 0.240 e. The molecular weight excluding hydrogens is 318 g/mol. The van der Waals surface area contributed by atoms with Crippen molar-refractivity contribution in [2.45, 2.75) is 52.7 Å². The molecule has 0 unspecified atom stereocenters. The van der Waals surface area contributed by atoms with Crippen molar-refractivity contribution >= 4 is 11.8 Å². The van der Waals surface area contributed by atoms with Crippen LogP contribution >= 0.6 is 0 Å². The maximum absolute atomic E-state index is 12.4. The third kappa shape index (κ3) is 5.16. The molecule has 0 aromatic carbocycles. The SMILES string of the molecule is C/C=C(\C)CN1C[C@@H](NC(=O)Cn2ccnc2C)C[C@H]1C(=O)NCC. The van der Waals surface area contributed by atoms with Crippen LogP contribution in [0.15, 0.2) is 24.0 Å². The summed E-state index contributed by atoms with van der Waals surface area (Å²) >= 11 is 0. The van der Waals surface area contributed by atoms with Crippen LogP contribution in [-0.4, -0.2) is 58.0 Å². The molecule has 0 spiro atoms. The third-order valence-corrected chi connectivity index (χ3v) is 4.61. The van der Waals surface area contributed by atoms with Crippen LogP contribution in [0.2, 0.25) is 0 Å². The number of aryl methyl sites for hydroxylation is 1. The van der Waals surface area contributed by atoms with E-state index in [-0.39, 0.29) is 30.4 Å². The molecule has 0 bridgehead atoms. The van der Waals surface area contributed by atoms with Gasteiger partial charge in [0.15, 0.2) is 0 Å². The molecule has 7 heteroatoms. The number of allylic oxidation sites excluding steroid dienone is 1. The van der Waals surface area contributed by atoms with E-state index in [0.717, 1.165) is 12.4 Å². The number of imidazole rings is 1. The van der Waals surface area contributed by atoms with Gasteiger partial charge in [0.05, 0.1) is 6.04 Å². The minimum atomic E-state index is -0.199. The predicted octanol–water partition coefficient (Wildman–Crippen LogP) is 0.853. The summed E-state index contributed by atoms with van der Waals surface area (Å²) in [6.45, 7) is 10.1. The number of likely N-dealkylation sites (N-methyl/N-ethyl adjacent to an activating group) is 1. The Labute approximate surface area is 149 Å². The molecule has 2 N–H and O–H groups in total. The van der Waals surface area contributed by atoms with E-state index in [4.69, 9.17) is 0 Å². The largest absolute Gasteiger partial charge is 0.355 e. The first kappa shape index (κ1) is 19.2. The summed E-state index contributed by atoms with van der Waals surface area (Å²) < 4.78 is 1.81. The van der Waals surface area contributed by atoms with Crippen LogP contribution in [0.5, 0.6) is 0 Å².